The molecule has 0 aliphatic rings. The first-order valence-corrected chi connectivity index (χ1v) is 5.92. The third-order valence-electron chi connectivity index (χ3n) is 2.29. The Morgan fingerprint density at radius 3 is 2.50 bits per heavy atom. The molecular weight excluding hydrogens is 224 g/mol. The number of rotatable bonds is 6. The molecule has 92 valence electrons. The number of hydrogen-bond acceptors (Lipinski definition) is 2. The fourth-order valence-corrected chi connectivity index (χ4v) is 1.43. The van der Waals surface area contributed by atoms with Gasteiger partial charge in [0.15, 0.2) is 0 Å². The van der Waals surface area contributed by atoms with Gasteiger partial charge in [0.05, 0.1) is 7.11 Å². The van der Waals surface area contributed by atoms with Crippen LogP contribution < -0.4 is 0 Å². The molecule has 0 radical (unpaired) electrons. The van der Waals surface area contributed by atoms with E-state index in [1.807, 2.05) is 0 Å². The summed E-state index contributed by atoms with van der Waals surface area (Å²) in [7, 11) is 1.33. The Morgan fingerprint density at radius 1 is 1.38 bits per heavy atom. The van der Waals surface area contributed by atoms with E-state index in [4.69, 9.17) is 11.6 Å². The summed E-state index contributed by atoms with van der Waals surface area (Å²) in [5.41, 5.74) is 1.34. The molecule has 0 aromatic heterocycles. The van der Waals surface area contributed by atoms with E-state index in [-0.39, 0.29) is 5.03 Å². The van der Waals surface area contributed by atoms with Crippen molar-refractivity contribution < 1.29 is 9.53 Å². The van der Waals surface area contributed by atoms with Gasteiger partial charge in [-0.3, -0.25) is 0 Å². The molecule has 2 nitrogen and oxygen atoms in total. The molecule has 0 rings (SSSR count). The van der Waals surface area contributed by atoms with Gasteiger partial charge in [-0.15, -0.1) is 0 Å². The smallest absolute Gasteiger partial charge is 0.349 e. The van der Waals surface area contributed by atoms with E-state index < -0.39 is 5.97 Å². The Morgan fingerprint density at radius 2 is 2.00 bits per heavy atom. The Kier molecular flexibility index (Phi) is 8.00. The lowest BCUT2D eigenvalue weighted by atomic mass is 10.0. The number of allylic oxidation sites excluding steroid dienone is 3. The van der Waals surface area contributed by atoms with E-state index in [0.717, 1.165) is 19.3 Å². The number of carbonyl (C=O) groups is 1. The van der Waals surface area contributed by atoms with Crippen molar-refractivity contribution in [2.24, 2.45) is 5.92 Å². The van der Waals surface area contributed by atoms with E-state index in [1.54, 1.807) is 6.08 Å². The van der Waals surface area contributed by atoms with E-state index in [2.05, 4.69) is 31.6 Å². The molecule has 0 aliphatic heterocycles. The van der Waals surface area contributed by atoms with Crippen LogP contribution >= 0.6 is 11.6 Å². The minimum Gasteiger partial charge on any atom is -0.465 e. The van der Waals surface area contributed by atoms with Gasteiger partial charge in [-0.05, 0) is 39.0 Å². The number of methoxy groups -OCH3 is 1. The van der Waals surface area contributed by atoms with Crippen molar-refractivity contribution in [2.45, 2.75) is 40.0 Å². The molecule has 0 fully saturated rings. The Labute approximate surface area is 103 Å². The Bertz CT molecular complexity index is 276. The largest absolute Gasteiger partial charge is 0.465 e. The van der Waals surface area contributed by atoms with Crippen LogP contribution in [0.15, 0.2) is 22.8 Å². The van der Waals surface area contributed by atoms with Crippen LogP contribution in [-0.2, 0) is 9.53 Å². The standard InChI is InChI=1S/C13H21ClO2/c1-10(2)6-5-7-11(3)8-9-12(14)13(15)16-4/h6,9,11H,5,7-8H2,1-4H3/b12-9+. The normalized spacial score (nSPS) is 13.2. The minimum atomic E-state index is -0.460. The molecule has 0 heterocycles. The summed E-state index contributed by atoms with van der Waals surface area (Å²) in [4.78, 5) is 11.0. The predicted molar refractivity (Wildman–Crippen MR) is 68.4 cm³/mol. The van der Waals surface area contributed by atoms with Gasteiger partial charge in [0.2, 0.25) is 0 Å². The molecule has 1 unspecified atom stereocenters. The average molecular weight is 245 g/mol. The summed E-state index contributed by atoms with van der Waals surface area (Å²) < 4.78 is 4.51. The third kappa shape index (κ3) is 7.52. The van der Waals surface area contributed by atoms with Gasteiger partial charge in [-0.25, -0.2) is 4.79 Å². The first kappa shape index (κ1) is 15.2. The lowest BCUT2D eigenvalue weighted by Crippen LogP contribution is -2.00. The van der Waals surface area contributed by atoms with Crippen LogP contribution in [0.3, 0.4) is 0 Å². The van der Waals surface area contributed by atoms with Crippen LogP contribution in [0.25, 0.3) is 0 Å². The van der Waals surface area contributed by atoms with Gasteiger partial charge < -0.3 is 4.74 Å². The Balaban J connectivity index is 3.92. The van der Waals surface area contributed by atoms with E-state index in [1.165, 1.54) is 12.7 Å². The highest BCUT2D eigenvalue weighted by Gasteiger charge is 2.06. The highest BCUT2D eigenvalue weighted by atomic mass is 35.5. The molecule has 1 atom stereocenters. The van der Waals surface area contributed by atoms with Crippen molar-refractivity contribution >= 4 is 17.6 Å². The van der Waals surface area contributed by atoms with Crippen LogP contribution in [0.5, 0.6) is 0 Å². The maximum absolute atomic E-state index is 11.0. The minimum absolute atomic E-state index is 0.177. The SMILES string of the molecule is COC(=O)/C(Cl)=C\CC(C)CCC=C(C)C. The highest BCUT2D eigenvalue weighted by molar-refractivity contribution is 6.41. The second-order valence-corrected chi connectivity index (χ2v) is 4.65. The second kappa shape index (κ2) is 8.40. The topological polar surface area (TPSA) is 26.3 Å². The van der Waals surface area contributed by atoms with Crippen molar-refractivity contribution in [3.63, 3.8) is 0 Å². The van der Waals surface area contributed by atoms with Gasteiger partial charge in [0.1, 0.15) is 5.03 Å². The molecule has 0 bridgehead atoms. The van der Waals surface area contributed by atoms with Crippen LogP contribution in [0.1, 0.15) is 40.0 Å². The first-order valence-electron chi connectivity index (χ1n) is 5.54. The fraction of sp³-hybridized carbons (Fsp3) is 0.615. The van der Waals surface area contributed by atoms with Crippen molar-refractivity contribution in [3.05, 3.63) is 22.8 Å². The zero-order chi connectivity index (χ0) is 12.6. The summed E-state index contributed by atoms with van der Waals surface area (Å²) in [6, 6.07) is 0. The number of hydrogen-bond donors (Lipinski definition) is 0. The van der Waals surface area contributed by atoms with Gasteiger partial charge >= 0.3 is 5.97 Å². The predicted octanol–water partition coefficient (Wildman–Crippen LogP) is 4.05. The van der Waals surface area contributed by atoms with Gasteiger partial charge in [-0.2, -0.15) is 0 Å². The zero-order valence-electron chi connectivity index (χ0n) is 10.5. The van der Waals surface area contributed by atoms with E-state index in [0.29, 0.717) is 5.92 Å². The summed E-state index contributed by atoms with van der Waals surface area (Å²) >= 11 is 5.73. The molecule has 0 N–H and O–H groups in total. The summed E-state index contributed by atoms with van der Waals surface area (Å²) in [5.74, 6) is 0.0622. The molecule has 0 spiro atoms. The zero-order valence-corrected chi connectivity index (χ0v) is 11.3. The third-order valence-corrected chi connectivity index (χ3v) is 2.60. The maximum atomic E-state index is 11.0. The molecule has 0 amide bonds. The summed E-state index contributed by atoms with van der Waals surface area (Å²) in [6.07, 6.45) is 6.95. The quantitative estimate of drug-likeness (QED) is 0.400. The van der Waals surface area contributed by atoms with Crippen molar-refractivity contribution in [2.75, 3.05) is 7.11 Å². The number of ether oxygens (including phenoxy) is 1. The molecule has 0 aromatic carbocycles. The Hall–Kier alpha value is -0.760. The average Bonchev–Trinajstić information content (AvgIpc) is 2.24. The van der Waals surface area contributed by atoms with Crippen LogP contribution in [-0.4, -0.2) is 13.1 Å². The number of esters is 1. The van der Waals surface area contributed by atoms with Crippen molar-refractivity contribution in [1.82, 2.24) is 0 Å². The molecule has 16 heavy (non-hydrogen) atoms. The fourth-order valence-electron chi connectivity index (χ4n) is 1.26. The summed E-state index contributed by atoms with van der Waals surface area (Å²) in [6.45, 7) is 6.34. The van der Waals surface area contributed by atoms with Gasteiger partial charge in [0.25, 0.3) is 0 Å². The monoisotopic (exact) mass is 244 g/mol. The summed E-state index contributed by atoms with van der Waals surface area (Å²) in [5, 5.41) is 0.177. The first-order chi connectivity index (χ1) is 7.47. The molecule has 0 saturated heterocycles. The lowest BCUT2D eigenvalue weighted by Gasteiger charge is -2.06. The molecule has 0 saturated carbocycles. The number of carbonyl (C=O) groups excluding carboxylic acids is 1. The highest BCUT2D eigenvalue weighted by Crippen LogP contribution is 2.15. The molecular formula is C13H21ClO2. The molecule has 0 aliphatic carbocycles. The maximum Gasteiger partial charge on any atom is 0.349 e. The second-order valence-electron chi connectivity index (χ2n) is 4.24. The van der Waals surface area contributed by atoms with Crippen molar-refractivity contribution in [1.29, 1.82) is 0 Å². The van der Waals surface area contributed by atoms with Crippen LogP contribution in [0, 0.1) is 5.92 Å². The van der Waals surface area contributed by atoms with Crippen LogP contribution in [0.4, 0.5) is 0 Å². The van der Waals surface area contributed by atoms with E-state index in [9.17, 15) is 4.79 Å². The van der Waals surface area contributed by atoms with Crippen LogP contribution in [0.2, 0.25) is 0 Å². The lowest BCUT2D eigenvalue weighted by molar-refractivity contribution is -0.135. The number of halogens is 1. The molecule has 0 aromatic rings. The molecule has 3 heteroatoms. The van der Waals surface area contributed by atoms with Crippen molar-refractivity contribution in [3.8, 4) is 0 Å². The van der Waals surface area contributed by atoms with Gasteiger partial charge in [0, 0.05) is 0 Å². The van der Waals surface area contributed by atoms with Gasteiger partial charge in [-0.1, -0.05) is 36.2 Å². The van der Waals surface area contributed by atoms with E-state index >= 15 is 0 Å².